The molecule has 5 heteroatoms. The van der Waals surface area contributed by atoms with Crippen LogP contribution in [-0.4, -0.2) is 22.7 Å². The maximum atomic E-state index is 10.7. The van der Waals surface area contributed by atoms with Crippen molar-refractivity contribution in [2.24, 2.45) is 5.92 Å². The Bertz CT molecular complexity index is 660. The highest BCUT2D eigenvalue weighted by Gasteiger charge is 2.08. The Morgan fingerprint density at radius 2 is 1.59 bits per heavy atom. The number of ether oxygens (including phenoxy) is 1. The number of benzene rings is 1. The molecule has 4 nitrogen and oxygen atoms in total. The molecule has 0 aliphatic heterocycles. The summed E-state index contributed by atoms with van der Waals surface area (Å²) in [5.41, 5.74) is 2.06. The van der Waals surface area contributed by atoms with Crippen LogP contribution in [0.2, 0.25) is 0 Å². The lowest BCUT2D eigenvalue weighted by atomic mass is 10.0. The summed E-state index contributed by atoms with van der Waals surface area (Å²) >= 11 is 5.56. The molecule has 2 N–H and O–H groups in total. The van der Waals surface area contributed by atoms with Gasteiger partial charge in [-0.2, -0.15) is 0 Å². The van der Waals surface area contributed by atoms with Gasteiger partial charge in [-0.1, -0.05) is 96.8 Å². The zero-order valence-corrected chi connectivity index (χ0v) is 21.4. The molecule has 0 bridgehead atoms. The molecule has 182 valence electrons. The van der Waals surface area contributed by atoms with Crippen LogP contribution in [0.5, 0.6) is 5.75 Å². The van der Waals surface area contributed by atoms with Gasteiger partial charge < -0.3 is 15.2 Å². The monoisotopic (exact) mass is 463 g/mol. The van der Waals surface area contributed by atoms with Crippen molar-refractivity contribution in [3.8, 4) is 5.75 Å². The Hall–Kier alpha value is -1.62. The number of hydrogen-bond donors (Lipinski definition) is 2. The fourth-order valence-corrected chi connectivity index (χ4v) is 3.96. The topological polar surface area (TPSA) is 58.6 Å². The van der Waals surface area contributed by atoms with Gasteiger partial charge in [-0.15, -0.1) is 0 Å². The van der Waals surface area contributed by atoms with E-state index in [0.717, 1.165) is 41.6 Å². The summed E-state index contributed by atoms with van der Waals surface area (Å²) in [6.45, 7) is 7.11. The van der Waals surface area contributed by atoms with Crippen molar-refractivity contribution in [1.29, 1.82) is 0 Å². The molecule has 0 atom stereocenters. The number of thiocarbonyl (C=S) groups is 1. The largest absolute Gasteiger partial charge is 0.491 e. The molecule has 0 aliphatic carbocycles. The van der Waals surface area contributed by atoms with Crippen molar-refractivity contribution in [2.45, 2.75) is 111 Å². The van der Waals surface area contributed by atoms with E-state index in [1.165, 1.54) is 63.4 Å². The number of anilines is 1. The summed E-state index contributed by atoms with van der Waals surface area (Å²) in [5.74, 6) is 0.803. The lowest BCUT2D eigenvalue weighted by molar-refractivity contribution is -0.137. The standard InChI is InChI=1S/C27H45NO3S/c1-4-23-18-19-24(25(21-23)31-20-14-17-27(29)30)28-26(32)16-13-11-9-7-5-6-8-10-12-15-22(2)3/h18-19,21-22H,4-17,20H2,1-3H3,(H,28,32)(H,29,30). The van der Waals surface area contributed by atoms with Gasteiger partial charge in [-0.3, -0.25) is 4.79 Å². The molecule has 1 aromatic carbocycles. The molecule has 0 aliphatic rings. The van der Waals surface area contributed by atoms with Crippen molar-refractivity contribution in [3.63, 3.8) is 0 Å². The van der Waals surface area contributed by atoms with E-state index in [4.69, 9.17) is 22.1 Å². The van der Waals surface area contributed by atoms with Crippen LogP contribution in [0.1, 0.15) is 110 Å². The van der Waals surface area contributed by atoms with Crippen LogP contribution in [0, 0.1) is 5.92 Å². The third kappa shape index (κ3) is 14.4. The molecule has 1 rings (SSSR count). The van der Waals surface area contributed by atoms with Crippen molar-refractivity contribution in [2.75, 3.05) is 11.9 Å². The lowest BCUT2D eigenvalue weighted by Crippen LogP contribution is -2.11. The lowest BCUT2D eigenvalue weighted by Gasteiger charge is -2.15. The first kappa shape index (κ1) is 28.4. The summed E-state index contributed by atoms with van der Waals surface area (Å²) in [5, 5.41) is 12.1. The molecular formula is C27H45NO3S. The highest BCUT2D eigenvalue weighted by molar-refractivity contribution is 7.80. The van der Waals surface area contributed by atoms with E-state index in [9.17, 15) is 4.79 Å². The van der Waals surface area contributed by atoms with E-state index in [1.54, 1.807) is 0 Å². The second kappa shape index (κ2) is 17.9. The number of carbonyl (C=O) groups is 1. The minimum Gasteiger partial charge on any atom is -0.491 e. The molecule has 0 saturated heterocycles. The predicted octanol–water partition coefficient (Wildman–Crippen LogP) is 8.18. The van der Waals surface area contributed by atoms with Gasteiger partial charge >= 0.3 is 5.97 Å². The Labute approximate surface area is 201 Å². The molecule has 1 aromatic rings. The van der Waals surface area contributed by atoms with Crippen LogP contribution in [-0.2, 0) is 11.2 Å². The van der Waals surface area contributed by atoms with Gasteiger partial charge in [-0.05, 0) is 49.3 Å². The van der Waals surface area contributed by atoms with Gasteiger partial charge in [0.1, 0.15) is 5.75 Å². The average Bonchev–Trinajstić information content (AvgIpc) is 2.75. The fourth-order valence-electron chi connectivity index (χ4n) is 3.70. The zero-order chi connectivity index (χ0) is 23.6. The first-order valence-corrected chi connectivity index (χ1v) is 13.1. The van der Waals surface area contributed by atoms with E-state index in [1.807, 2.05) is 12.1 Å². The SMILES string of the molecule is CCc1ccc(NC(=S)CCCCCCCCCCCC(C)C)c(OCCCC(=O)O)c1. The van der Waals surface area contributed by atoms with E-state index < -0.39 is 5.97 Å². The third-order valence-corrected chi connectivity index (χ3v) is 6.01. The van der Waals surface area contributed by atoms with Gasteiger partial charge in [0.05, 0.1) is 17.3 Å². The number of rotatable bonds is 19. The van der Waals surface area contributed by atoms with Gasteiger partial charge in [0.2, 0.25) is 0 Å². The average molecular weight is 464 g/mol. The van der Waals surface area contributed by atoms with Crippen molar-refractivity contribution in [1.82, 2.24) is 0 Å². The fraction of sp³-hybridized carbons (Fsp3) is 0.704. The number of aryl methyl sites for hydroxylation is 1. The number of carboxylic acid groups (broad SMARTS) is 1. The maximum absolute atomic E-state index is 10.7. The molecule has 0 saturated carbocycles. The molecule has 32 heavy (non-hydrogen) atoms. The smallest absolute Gasteiger partial charge is 0.303 e. The van der Waals surface area contributed by atoms with E-state index in [2.05, 4.69) is 32.2 Å². The summed E-state index contributed by atoms with van der Waals surface area (Å²) in [7, 11) is 0. The molecule has 0 spiro atoms. The summed E-state index contributed by atoms with van der Waals surface area (Å²) in [6.07, 6.45) is 15.7. The third-order valence-electron chi connectivity index (χ3n) is 5.71. The quantitative estimate of drug-likeness (QED) is 0.160. The summed E-state index contributed by atoms with van der Waals surface area (Å²) in [6, 6.07) is 6.12. The van der Waals surface area contributed by atoms with Crippen molar-refractivity contribution >= 4 is 28.9 Å². The number of carboxylic acids is 1. The second-order valence-corrected chi connectivity index (χ2v) is 9.69. The second-order valence-electron chi connectivity index (χ2n) is 9.19. The highest BCUT2D eigenvalue weighted by atomic mass is 32.1. The molecule has 0 aromatic heterocycles. The number of nitrogens with one attached hydrogen (secondary N) is 1. The minimum absolute atomic E-state index is 0.118. The Kier molecular flexibility index (Phi) is 15.9. The van der Waals surface area contributed by atoms with Gasteiger partial charge in [0, 0.05) is 6.42 Å². The Balaban J connectivity index is 2.23. The Morgan fingerprint density at radius 3 is 2.19 bits per heavy atom. The van der Waals surface area contributed by atoms with Crippen molar-refractivity contribution in [3.05, 3.63) is 23.8 Å². The molecule has 0 unspecified atom stereocenters. The van der Waals surface area contributed by atoms with Crippen molar-refractivity contribution < 1.29 is 14.6 Å². The van der Waals surface area contributed by atoms with E-state index in [-0.39, 0.29) is 6.42 Å². The first-order valence-electron chi connectivity index (χ1n) is 12.7. The number of unbranched alkanes of at least 4 members (excludes halogenated alkanes) is 8. The zero-order valence-electron chi connectivity index (χ0n) is 20.6. The molecule has 0 radical (unpaired) electrons. The van der Waals surface area contributed by atoms with Gasteiger partial charge in [0.15, 0.2) is 0 Å². The maximum Gasteiger partial charge on any atom is 0.303 e. The van der Waals surface area contributed by atoms with E-state index >= 15 is 0 Å². The molecular weight excluding hydrogens is 418 g/mol. The van der Waals surface area contributed by atoms with Gasteiger partial charge in [0.25, 0.3) is 0 Å². The highest BCUT2D eigenvalue weighted by Crippen LogP contribution is 2.27. The number of aliphatic carboxylic acids is 1. The summed E-state index contributed by atoms with van der Waals surface area (Å²) < 4.78 is 5.86. The van der Waals surface area contributed by atoms with E-state index in [0.29, 0.717) is 13.0 Å². The van der Waals surface area contributed by atoms with Crippen LogP contribution in [0.25, 0.3) is 0 Å². The normalized spacial score (nSPS) is 11.0. The first-order chi connectivity index (χ1) is 15.4. The molecule has 0 fully saturated rings. The van der Waals surface area contributed by atoms with Crippen LogP contribution >= 0.6 is 12.2 Å². The van der Waals surface area contributed by atoms with Crippen LogP contribution in [0.3, 0.4) is 0 Å². The van der Waals surface area contributed by atoms with Crippen LogP contribution in [0.4, 0.5) is 5.69 Å². The van der Waals surface area contributed by atoms with Gasteiger partial charge in [-0.25, -0.2) is 0 Å². The van der Waals surface area contributed by atoms with Crippen LogP contribution < -0.4 is 10.1 Å². The predicted molar refractivity (Wildman–Crippen MR) is 140 cm³/mol. The van der Waals surface area contributed by atoms with Crippen LogP contribution in [0.15, 0.2) is 18.2 Å². The molecule has 0 heterocycles. The molecule has 0 amide bonds. The Morgan fingerprint density at radius 1 is 0.969 bits per heavy atom. The minimum atomic E-state index is -0.794. The number of hydrogen-bond acceptors (Lipinski definition) is 3. The summed E-state index contributed by atoms with van der Waals surface area (Å²) in [4.78, 5) is 11.5.